The normalized spacial score (nSPS) is 17.3. The van der Waals surface area contributed by atoms with Gasteiger partial charge in [0.25, 0.3) is 5.91 Å². The number of aromatic amines is 1. The van der Waals surface area contributed by atoms with Crippen LogP contribution in [0.5, 0.6) is 0 Å². The van der Waals surface area contributed by atoms with Gasteiger partial charge in [-0.15, -0.1) is 0 Å². The van der Waals surface area contributed by atoms with E-state index in [9.17, 15) is 9.18 Å². The minimum Gasteiger partial charge on any atom is -0.281 e. The maximum Gasteiger partial charge on any atom is 0.292 e. The number of fused-ring (bicyclic) bond motifs is 1. The van der Waals surface area contributed by atoms with Gasteiger partial charge in [0, 0.05) is 11.3 Å². The SMILES string of the molecule is CCC(C)(C)[C@H]1CCc2[nH]nc(C(=O)NN=Cc3ccc(F)cc3)c2C1. The Balaban J connectivity index is 1.70. The van der Waals surface area contributed by atoms with Gasteiger partial charge in [-0.1, -0.05) is 39.3 Å². The van der Waals surface area contributed by atoms with Gasteiger partial charge in [0.1, 0.15) is 5.82 Å². The van der Waals surface area contributed by atoms with Crippen molar-refractivity contribution >= 4 is 12.1 Å². The molecule has 1 aliphatic carbocycles. The number of benzene rings is 1. The molecule has 1 aromatic carbocycles. The van der Waals surface area contributed by atoms with Crippen LogP contribution >= 0.6 is 0 Å². The number of carbonyl (C=O) groups is 1. The molecule has 0 saturated carbocycles. The topological polar surface area (TPSA) is 70.1 Å². The Kier molecular flexibility index (Phi) is 5.20. The molecule has 2 aromatic rings. The Bertz CT molecular complexity index is 808. The van der Waals surface area contributed by atoms with Gasteiger partial charge in [0.2, 0.25) is 0 Å². The third-order valence-corrected chi connectivity index (χ3v) is 5.63. The number of amides is 1. The Hall–Kier alpha value is -2.50. The molecule has 0 spiro atoms. The zero-order valence-corrected chi connectivity index (χ0v) is 15.5. The van der Waals surface area contributed by atoms with Gasteiger partial charge in [-0.2, -0.15) is 10.2 Å². The standard InChI is InChI=1S/C20H25FN4O/c1-4-20(2,3)14-7-10-17-16(11-14)18(24-23-17)19(26)25-22-12-13-5-8-15(21)9-6-13/h5-6,8-9,12,14H,4,7,10-11H2,1-3H3,(H,23,24)(H,25,26)/t14-/m0/s1. The summed E-state index contributed by atoms with van der Waals surface area (Å²) in [6, 6.07) is 5.89. The predicted molar refractivity (Wildman–Crippen MR) is 99.6 cm³/mol. The molecule has 0 saturated heterocycles. The molecular formula is C20H25FN4O. The summed E-state index contributed by atoms with van der Waals surface area (Å²) in [5.74, 6) is -0.0958. The highest BCUT2D eigenvalue weighted by molar-refractivity contribution is 5.94. The molecule has 1 amide bonds. The van der Waals surface area contributed by atoms with E-state index in [0.29, 0.717) is 17.2 Å². The average Bonchev–Trinajstić information content (AvgIpc) is 3.06. The van der Waals surface area contributed by atoms with E-state index in [1.807, 2.05) is 0 Å². The molecule has 6 heteroatoms. The van der Waals surface area contributed by atoms with Crippen molar-refractivity contribution in [2.75, 3.05) is 0 Å². The van der Waals surface area contributed by atoms with E-state index in [4.69, 9.17) is 0 Å². The number of carbonyl (C=O) groups excluding carboxylic acids is 1. The number of nitrogens with zero attached hydrogens (tertiary/aromatic N) is 2. The lowest BCUT2D eigenvalue weighted by Crippen LogP contribution is -2.30. The van der Waals surface area contributed by atoms with Crippen LogP contribution in [0.1, 0.15) is 60.9 Å². The molecule has 1 aromatic heterocycles. The Morgan fingerprint density at radius 2 is 2.15 bits per heavy atom. The second-order valence-corrected chi connectivity index (χ2v) is 7.56. The van der Waals surface area contributed by atoms with E-state index >= 15 is 0 Å². The van der Waals surface area contributed by atoms with Crippen molar-refractivity contribution in [3.63, 3.8) is 0 Å². The van der Waals surface area contributed by atoms with Crippen LogP contribution in [0.4, 0.5) is 4.39 Å². The molecule has 0 unspecified atom stereocenters. The van der Waals surface area contributed by atoms with Crippen molar-refractivity contribution in [3.8, 4) is 0 Å². The summed E-state index contributed by atoms with van der Waals surface area (Å²) in [5, 5.41) is 11.2. The molecule has 0 radical (unpaired) electrons. The monoisotopic (exact) mass is 356 g/mol. The Labute approximate surface area is 153 Å². The van der Waals surface area contributed by atoms with Crippen LogP contribution in [0, 0.1) is 17.2 Å². The lowest BCUT2D eigenvalue weighted by atomic mass is 9.69. The van der Waals surface area contributed by atoms with Crippen LogP contribution in [-0.2, 0) is 12.8 Å². The lowest BCUT2D eigenvalue weighted by molar-refractivity contribution is 0.0947. The fraction of sp³-hybridized carbons (Fsp3) is 0.450. The summed E-state index contributed by atoms with van der Waals surface area (Å²) in [7, 11) is 0. The highest BCUT2D eigenvalue weighted by Gasteiger charge is 2.34. The van der Waals surface area contributed by atoms with Crippen LogP contribution in [0.15, 0.2) is 29.4 Å². The highest BCUT2D eigenvalue weighted by atomic mass is 19.1. The molecule has 0 fully saturated rings. The van der Waals surface area contributed by atoms with Gasteiger partial charge in [-0.25, -0.2) is 9.82 Å². The van der Waals surface area contributed by atoms with Crippen LogP contribution in [0.25, 0.3) is 0 Å². The molecule has 2 N–H and O–H groups in total. The number of nitrogens with one attached hydrogen (secondary N) is 2. The molecule has 26 heavy (non-hydrogen) atoms. The number of aromatic nitrogens is 2. The van der Waals surface area contributed by atoms with Crippen LogP contribution in [0.2, 0.25) is 0 Å². The average molecular weight is 356 g/mol. The van der Waals surface area contributed by atoms with Gasteiger partial charge in [0.15, 0.2) is 5.69 Å². The number of hydrogen-bond acceptors (Lipinski definition) is 3. The summed E-state index contributed by atoms with van der Waals surface area (Å²) in [6.45, 7) is 6.79. The molecular weight excluding hydrogens is 331 g/mol. The van der Waals surface area contributed by atoms with Gasteiger partial charge in [0.05, 0.1) is 6.21 Å². The molecule has 1 aliphatic rings. The predicted octanol–water partition coefficient (Wildman–Crippen LogP) is 3.85. The van der Waals surface area contributed by atoms with E-state index in [2.05, 4.69) is 41.5 Å². The molecule has 3 rings (SSSR count). The van der Waals surface area contributed by atoms with E-state index in [1.54, 1.807) is 12.1 Å². The maximum absolute atomic E-state index is 12.9. The first-order chi connectivity index (χ1) is 12.4. The van der Waals surface area contributed by atoms with E-state index in [0.717, 1.165) is 36.9 Å². The summed E-state index contributed by atoms with van der Waals surface area (Å²) in [6.07, 6.45) is 5.48. The number of halogens is 1. The molecule has 138 valence electrons. The first-order valence-corrected chi connectivity index (χ1v) is 9.06. The quantitative estimate of drug-likeness (QED) is 0.631. The third kappa shape index (κ3) is 3.84. The minimum atomic E-state index is -0.323. The van der Waals surface area contributed by atoms with Crippen molar-refractivity contribution in [1.82, 2.24) is 15.6 Å². The molecule has 0 aliphatic heterocycles. The molecule has 0 bridgehead atoms. The number of rotatable bonds is 5. The largest absolute Gasteiger partial charge is 0.292 e. The van der Waals surface area contributed by atoms with Crippen molar-refractivity contribution in [3.05, 3.63) is 52.6 Å². The van der Waals surface area contributed by atoms with E-state index in [-0.39, 0.29) is 17.1 Å². The lowest BCUT2D eigenvalue weighted by Gasteiger charge is -2.36. The van der Waals surface area contributed by atoms with Crippen molar-refractivity contribution < 1.29 is 9.18 Å². The van der Waals surface area contributed by atoms with Gasteiger partial charge in [-0.05, 0) is 48.3 Å². The number of aryl methyl sites for hydroxylation is 1. The van der Waals surface area contributed by atoms with Gasteiger partial charge >= 0.3 is 0 Å². The highest BCUT2D eigenvalue weighted by Crippen LogP contribution is 2.40. The maximum atomic E-state index is 12.9. The number of hydrazone groups is 1. The minimum absolute atomic E-state index is 0.240. The molecule has 1 heterocycles. The van der Waals surface area contributed by atoms with Gasteiger partial charge in [-0.3, -0.25) is 9.89 Å². The van der Waals surface area contributed by atoms with E-state index < -0.39 is 0 Å². The van der Waals surface area contributed by atoms with Gasteiger partial charge < -0.3 is 0 Å². The smallest absolute Gasteiger partial charge is 0.281 e. The summed E-state index contributed by atoms with van der Waals surface area (Å²) in [4.78, 5) is 12.5. The second-order valence-electron chi connectivity index (χ2n) is 7.56. The van der Waals surface area contributed by atoms with Crippen LogP contribution in [0.3, 0.4) is 0 Å². The summed E-state index contributed by atoms with van der Waals surface area (Å²) >= 11 is 0. The number of H-pyrrole nitrogens is 1. The zero-order chi connectivity index (χ0) is 18.7. The second kappa shape index (κ2) is 7.40. The number of hydrogen-bond donors (Lipinski definition) is 2. The van der Waals surface area contributed by atoms with Crippen LogP contribution in [-0.4, -0.2) is 22.3 Å². The first kappa shape index (κ1) is 18.3. The molecule has 5 nitrogen and oxygen atoms in total. The molecule has 1 atom stereocenters. The van der Waals surface area contributed by atoms with E-state index in [1.165, 1.54) is 18.3 Å². The summed E-state index contributed by atoms with van der Waals surface area (Å²) < 4.78 is 12.9. The summed E-state index contributed by atoms with van der Waals surface area (Å²) in [5.41, 5.74) is 5.96. The zero-order valence-electron chi connectivity index (χ0n) is 15.5. The Morgan fingerprint density at radius 3 is 2.85 bits per heavy atom. The first-order valence-electron chi connectivity index (χ1n) is 9.06. The Morgan fingerprint density at radius 1 is 1.42 bits per heavy atom. The van der Waals surface area contributed by atoms with Crippen LogP contribution < -0.4 is 5.43 Å². The van der Waals surface area contributed by atoms with Crippen molar-refractivity contribution in [2.24, 2.45) is 16.4 Å². The van der Waals surface area contributed by atoms with Crippen molar-refractivity contribution in [1.29, 1.82) is 0 Å². The van der Waals surface area contributed by atoms with Crippen molar-refractivity contribution in [2.45, 2.75) is 46.5 Å². The fourth-order valence-electron chi connectivity index (χ4n) is 3.41. The fourth-order valence-corrected chi connectivity index (χ4v) is 3.41. The third-order valence-electron chi connectivity index (χ3n) is 5.63.